The zero-order chi connectivity index (χ0) is 15.9. The van der Waals surface area contributed by atoms with Crippen LogP contribution in [0.4, 0.5) is 0 Å². The van der Waals surface area contributed by atoms with E-state index in [2.05, 4.69) is 15.1 Å². The van der Waals surface area contributed by atoms with E-state index in [-0.39, 0.29) is 11.4 Å². The molecular formula is C14H28N4O2S. The molecule has 0 atom stereocenters. The van der Waals surface area contributed by atoms with Gasteiger partial charge in [-0.05, 0) is 20.3 Å². The summed E-state index contributed by atoms with van der Waals surface area (Å²) in [6.07, 6.45) is 0.845. The molecule has 0 saturated carbocycles. The number of carbonyl (C=O) groups is 1. The lowest BCUT2D eigenvalue weighted by molar-refractivity contribution is -0.122. The molecule has 0 bridgehead atoms. The van der Waals surface area contributed by atoms with Crippen molar-refractivity contribution in [1.82, 2.24) is 15.1 Å². The number of nitrogens with zero attached hydrogens (tertiary/aromatic N) is 2. The van der Waals surface area contributed by atoms with Crippen LogP contribution in [0, 0.1) is 0 Å². The standard InChI is InChI=1S/C14H28N4O2S/c1-14(2,13(15)21)18-8-6-17(7-9-18)11-12(19)16-5-4-10-20-3/h4-11H2,1-3H3,(H2,15,21)(H,16,19). The maximum atomic E-state index is 11.8. The molecule has 0 aliphatic carbocycles. The second kappa shape index (κ2) is 8.63. The third-order valence-electron chi connectivity index (χ3n) is 3.98. The Morgan fingerprint density at radius 3 is 2.48 bits per heavy atom. The molecule has 1 aliphatic heterocycles. The van der Waals surface area contributed by atoms with Gasteiger partial charge in [-0.15, -0.1) is 0 Å². The van der Waals surface area contributed by atoms with Gasteiger partial charge >= 0.3 is 0 Å². The second-order valence-electron chi connectivity index (χ2n) is 5.88. The fraction of sp³-hybridized carbons (Fsp3) is 0.857. The molecule has 21 heavy (non-hydrogen) atoms. The maximum Gasteiger partial charge on any atom is 0.234 e. The smallest absolute Gasteiger partial charge is 0.234 e. The zero-order valence-corrected chi connectivity index (χ0v) is 14.2. The minimum atomic E-state index is -0.260. The lowest BCUT2D eigenvalue weighted by atomic mass is 10.0. The van der Waals surface area contributed by atoms with Crippen molar-refractivity contribution in [3.8, 4) is 0 Å². The lowest BCUT2D eigenvalue weighted by Gasteiger charge is -2.43. The normalized spacial score (nSPS) is 17.7. The molecule has 0 aromatic rings. The van der Waals surface area contributed by atoms with Crippen molar-refractivity contribution < 1.29 is 9.53 Å². The van der Waals surface area contributed by atoms with Crippen LogP contribution in [0.15, 0.2) is 0 Å². The zero-order valence-electron chi connectivity index (χ0n) is 13.4. The van der Waals surface area contributed by atoms with Crippen LogP contribution in [0.5, 0.6) is 0 Å². The monoisotopic (exact) mass is 316 g/mol. The summed E-state index contributed by atoms with van der Waals surface area (Å²) >= 11 is 5.13. The molecule has 1 aliphatic rings. The number of ether oxygens (including phenoxy) is 1. The van der Waals surface area contributed by atoms with Gasteiger partial charge in [0.25, 0.3) is 0 Å². The highest BCUT2D eigenvalue weighted by atomic mass is 32.1. The van der Waals surface area contributed by atoms with Gasteiger partial charge in [0, 0.05) is 46.4 Å². The Morgan fingerprint density at radius 1 is 1.33 bits per heavy atom. The average Bonchev–Trinajstić information content (AvgIpc) is 2.44. The van der Waals surface area contributed by atoms with Crippen molar-refractivity contribution in [3.05, 3.63) is 0 Å². The van der Waals surface area contributed by atoms with Crippen LogP contribution in [0.2, 0.25) is 0 Å². The number of piperazine rings is 1. The van der Waals surface area contributed by atoms with Gasteiger partial charge in [-0.25, -0.2) is 0 Å². The van der Waals surface area contributed by atoms with Crippen molar-refractivity contribution in [2.45, 2.75) is 25.8 Å². The average molecular weight is 316 g/mol. The minimum absolute atomic E-state index is 0.0770. The third-order valence-corrected chi connectivity index (χ3v) is 4.48. The largest absolute Gasteiger partial charge is 0.392 e. The molecule has 1 saturated heterocycles. The number of rotatable bonds is 8. The van der Waals surface area contributed by atoms with Crippen LogP contribution in [-0.4, -0.2) is 79.2 Å². The summed E-state index contributed by atoms with van der Waals surface area (Å²) in [6.45, 7) is 9.36. The Morgan fingerprint density at radius 2 is 1.95 bits per heavy atom. The van der Waals surface area contributed by atoms with Crippen LogP contribution in [0.1, 0.15) is 20.3 Å². The fourth-order valence-corrected chi connectivity index (χ4v) is 2.45. The van der Waals surface area contributed by atoms with E-state index >= 15 is 0 Å². The highest BCUT2D eigenvalue weighted by molar-refractivity contribution is 7.80. The summed E-state index contributed by atoms with van der Waals surface area (Å²) in [7, 11) is 1.66. The van der Waals surface area contributed by atoms with Crippen LogP contribution >= 0.6 is 12.2 Å². The van der Waals surface area contributed by atoms with Gasteiger partial charge in [-0.1, -0.05) is 12.2 Å². The molecule has 0 spiro atoms. The van der Waals surface area contributed by atoms with Gasteiger partial charge in [0.1, 0.15) is 0 Å². The molecule has 6 nitrogen and oxygen atoms in total. The number of methoxy groups -OCH3 is 1. The maximum absolute atomic E-state index is 11.8. The highest BCUT2D eigenvalue weighted by Crippen LogP contribution is 2.17. The van der Waals surface area contributed by atoms with Crippen molar-refractivity contribution in [2.24, 2.45) is 5.73 Å². The van der Waals surface area contributed by atoms with Gasteiger partial charge in [-0.3, -0.25) is 14.6 Å². The molecule has 1 amide bonds. The molecule has 1 heterocycles. The first kappa shape index (κ1) is 18.3. The Kier molecular flexibility index (Phi) is 7.51. The topological polar surface area (TPSA) is 70.8 Å². The van der Waals surface area contributed by atoms with E-state index in [0.29, 0.717) is 24.7 Å². The van der Waals surface area contributed by atoms with Crippen LogP contribution in [0.3, 0.4) is 0 Å². The predicted molar refractivity (Wildman–Crippen MR) is 88.4 cm³/mol. The number of hydrogen-bond donors (Lipinski definition) is 2. The number of amides is 1. The highest BCUT2D eigenvalue weighted by Gasteiger charge is 2.32. The molecule has 122 valence electrons. The van der Waals surface area contributed by atoms with Gasteiger partial charge in [0.2, 0.25) is 5.91 Å². The van der Waals surface area contributed by atoms with E-state index in [0.717, 1.165) is 32.6 Å². The number of nitrogens with one attached hydrogen (secondary N) is 1. The van der Waals surface area contributed by atoms with E-state index in [9.17, 15) is 4.79 Å². The summed E-state index contributed by atoms with van der Waals surface area (Å²) < 4.78 is 4.95. The minimum Gasteiger partial charge on any atom is -0.392 e. The first-order valence-electron chi connectivity index (χ1n) is 7.41. The SMILES string of the molecule is COCCCNC(=O)CN1CCN(C(C)(C)C(N)=S)CC1. The van der Waals surface area contributed by atoms with Gasteiger partial charge in [0.05, 0.1) is 17.1 Å². The van der Waals surface area contributed by atoms with Crippen LogP contribution in [-0.2, 0) is 9.53 Å². The molecule has 1 fully saturated rings. The Labute approximate surface area is 133 Å². The molecule has 0 radical (unpaired) electrons. The summed E-state index contributed by atoms with van der Waals surface area (Å²) in [5.74, 6) is 0.0770. The molecule has 7 heteroatoms. The summed E-state index contributed by atoms with van der Waals surface area (Å²) in [6, 6.07) is 0. The molecule has 0 aromatic carbocycles. The summed E-state index contributed by atoms with van der Waals surface area (Å²) in [5, 5.41) is 2.91. The van der Waals surface area contributed by atoms with Gasteiger partial charge in [0.15, 0.2) is 0 Å². The molecule has 1 rings (SSSR count). The van der Waals surface area contributed by atoms with E-state index in [4.69, 9.17) is 22.7 Å². The molecular weight excluding hydrogens is 288 g/mol. The summed E-state index contributed by atoms with van der Waals surface area (Å²) in [5.41, 5.74) is 5.54. The Hall–Kier alpha value is -0.760. The van der Waals surface area contributed by atoms with E-state index in [1.807, 2.05) is 13.8 Å². The first-order valence-corrected chi connectivity index (χ1v) is 7.81. The van der Waals surface area contributed by atoms with Gasteiger partial charge < -0.3 is 15.8 Å². The second-order valence-corrected chi connectivity index (χ2v) is 6.32. The van der Waals surface area contributed by atoms with Crippen molar-refractivity contribution in [2.75, 3.05) is 53.0 Å². The molecule has 0 unspecified atom stereocenters. The lowest BCUT2D eigenvalue weighted by Crippen LogP contribution is -2.59. The third kappa shape index (κ3) is 5.86. The van der Waals surface area contributed by atoms with Crippen molar-refractivity contribution >= 4 is 23.1 Å². The van der Waals surface area contributed by atoms with E-state index in [1.165, 1.54) is 0 Å². The summed E-state index contributed by atoms with van der Waals surface area (Å²) in [4.78, 5) is 16.8. The van der Waals surface area contributed by atoms with Crippen LogP contribution < -0.4 is 11.1 Å². The number of carbonyl (C=O) groups excluding carboxylic acids is 1. The van der Waals surface area contributed by atoms with Crippen LogP contribution in [0.25, 0.3) is 0 Å². The number of hydrogen-bond acceptors (Lipinski definition) is 5. The molecule has 3 N–H and O–H groups in total. The van der Waals surface area contributed by atoms with E-state index in [1.54, 1.807) is 7.11 Å². The fourth-order valence-electron chi connectivity index (χ4n) is 2.32. The van der Waals surface area contributed by atoms with Gasteiger partial charge in [-0.2, -0.15) is 0 Å². The van der Waals surface area contributed by atoms with E-state index < -0.39 is 0 Å². The van der Waals surface area contributed by atoms with Crippen molar-refractivity contribution in [3.63, 3.8) is 0 Å². The predicted octanol–water partition coefficient (Wildman–Crippen LogP) is -0.179. The Bertz CT molecular complexity index is 355. The molecule has 0 aromatic heterocycles. The first-order chi connectivity index (χ1) is 9.87. The Balaban J connectivity index is 2.27. The number of thiocarbonyl (C=S) groups is 1. The quantitative estimate of drug-likeness (QED) is 0.478. The van der Waals surface area contributed by atoms with Crippen molar-refractivity contribution in [1.29, 1.82) is 0 Å². The number of nitrogens with two attached hydrogens (primary N) is 1.